The number of halogens is 3. The summed E-state index contributed by atoms with van der Waals surface area (Å²) in [6.07, 6.45) is 0.297. The lowest BCUT2D eigenvalue weighted by Gasteiger charge is -2.23. The Morgan fingerprint density at radius 2 is 1.83 bits per heavy atom. The number of alkyl halides is 3. The van der Waals surface area contributed by atoms with Gasteiger partial charge >= 0.3 is 5.51 Å². The average molecular weight is 274 g/mol. The fourth-order valence-corrected chi connectivity index (χ4v) is 2.01. The maximum Gasteiger partial charge on any atom is 0.441 e. The van der Waals surface area contributed by atoms with Crippen LogP contribution in [0, 0.1) is 11.3 Å². The van der Waals surface area contributed by atoms with Crippen molar-refractivity contribution in [1.29, 1.82) is 5.26 Å². The summed E-state index contributed by atoms with van der Waals surface area (Å²) < 4.78 is 36.2. The fraction of sp³-hybridized carbons (Fsp3) is 0.417. The lowest BCUT2D eigenvalue weighted by molar-refractivity contribution is -0.0327. The van der Waals surface area contributed by atoms with Crippen molar-refractivity contribution in [3.63, 3.8) is 0 Å². The van der Waals surface area contributed by atoms with Gasteiger partial charge in [-0.2, -0.15) is 18.4 Å². The number of nitrogens with zero attached hydrogens (tertiary/aromatic N) is 2. The molecule has 0 atom stereocenters. The Balaban J connectivity index is 2.54. The van der Waals surface area contributed by atoms with Crippen molar-refractivity contribution >= 4 is 17.4 Å². The first-order valence-electron chi connectivity index (χ1n) is 5.40. The van der Waals surface area contributed by atoms with Crippen LogP contribution in [0.4, 0.5) is 18.9 Å². The molecule has 0 aliphatic rings. The van der Waals surface area contributed by atoms with Crippen molar-refractivity contribution in [3.05, 3.63) is 30.3 Å². The topological polar surface area (TPSA) is 27.0 Å². The number of benzene rings is 1. The first kappa shape index (κ1) is 14.7. The van der Waals surface area contributed by atoms with Crippen LogP contribution in [0.3, 0.4) is 0 Å². The summed E-state index contributed by atoms with van der Waals surface area (Å²) >= 11 is -0.0346. The lowest BCUT2D eigenvalue weighted by atomic mass is 10.2. The number of para-hydroxylation sites is 1. The SMILES string of the molecule is N#CCCN(CCSC(F)(F)F)c1ccccc1. The van der Waals surface area contributed by atoms with Crippen LogP contribution < -0.4 is 4.90 Å². The van der Waals surface area contributed by atoms with Crippen molar-refractivity contribution in [3.8, 4) is 6.07 Å². The van der Waals surface area contributed by atoms with Gasteiger partial charge in [-0.25, -0.2) is 0 Å². The molecule has 0 N–H and O–H groups in total. The third kappa shape index (κ3) is 5.82. The van der Waals surface area contributed by atoms with Gasteiger partial charge in [-0.1, -0.05) is 18.2 Å². The minimum atomic E-state index is -4.20. The highest BCUT2D eigenvalue weighted by atomic mass is 32.2. The summed E-state index contributed by atoms with van der Waals surface area (Å²) in [5.74, 6) is -0.0379. The molecular weight excluding hydrogens is 261 g/mol. The Morgan fingerprint density at radius 1 is 1.17 bits per heavy atom. The predicted molar refractivity (Wildman–Crippen MR) is 67.4 cm³/mol. The molecule has 0 saturated heterocycles. The van der Waals surface area contributed by atoms with E-state index in [9.17, 15) is 13.2 Å². The van der Waals surface area contributed by atoms with Gasteiger partial charge in [-0.3, -0.25) is 0 Å². The zero-order valence-electron chi connectivity index (χ0n) is 9.65. The summed E-state index contributed by atoms with van der Waals surface area (Å²) in [6.45, 7) is 0.717. The molecule has 0 amide bonds. The van der Waals surface area contributed by atoms with E-state index in [1.165, 1.54) is 0 Å². The Labute approximate surface area is 108 Å². The molecule has 2 nitrogen and oxygen atoms in total. The molecule has 0 saturated carbocycles. The normalized spacial score (nSPS) is 11.0. The van der Waals surface area contributed by atoms with Gasteiger partial charge in [-0.15, -0.1) is 0 Å². The lowest BCUT2D eigenvalue weighted by Crippen LogP contribution is -2.27. The molecule has 1 rings (SSSR count). The Kier molecular flexibility index (Phi) is 5.86. The molecule has 18 heavy (non-hydrogen) atoms. The second kappa shape index (κ2) is 7.17. The molecule has 0 bridgehead atoms. The summed E-state index contributed by atoms with van der Waals surface area (Å²) in [5.41, 5.74) is -3.35. The van der Waals surface area contributed by atoms with Crippen molar-refractivity contribution in [2.24, 2.45) is 0 Å². The van der Waals surface area contributed by atoms with E-state index < -0.39 is 5.51 Å². The first-order valence-corrected chi connectivity index (χ1v) is 6.39. The maximum absolute atomic E-state index is 12.1. The average Bonchev–Trinajstić information content (AvgIpc) is 2.33. The molecule has 0 aliphatic heterocycles. The van der Waals surface area contributed by atoms with E-state index in [2.05, 4.69) is 0 Å². The van der Waals surface area contributed by atoms with Gasteiger partial charge in [0.2, 0.25) is 0 Å². The zero-order chi connectivity index (χ0) is 13.4. The standard InChI is InChI=1S/C12H13F3N2S/c13-12(14,15)18-10-9-17(8-4-7-16)11-5-2-1-3-6-11/h1-3,5-6H,4,8-10H2. The number of thioether (sulfide) groups is 1. The van der Waals surface area contributed by atoms with Gasteiger partial charge in [0.15, 0.2) is 0 Å². The van der Waals surface area contributed by atoms with Crippen molar-refractivity contribution < 1.29 is 13.2 Å². The van der Waals surface area contributed by atoms with Crippen molar-refractivity contribution in [2.75, 3.05) is 23.7 Å². The first-order chi connectivity index (χ1) is 8.53. The van der Waals surface area contributed by atoms with Gasteiger partial charge < -0.3 is 4.90 Å². The molecule has 0 aliphatic carbocycles. The maximum atomic E-state index is 12.1. The van der Waals surface area contributed by atoms with Crippen LogP contribution in [-0.4, -0.2) is 24.4 Å². The minimum absolute atomic E-state index is 0.0346. The zero-order valence-corrected chi connectivity index (χ0v) is 10.5. The van der Waals surface area contributed by atoms with E-state index in [1.807, 2.05) is 36.4 Å². The highest BCUT2D eigenvalue weighted by Gasteiger charge is 2.27. The minimum Gasteiger partial charge on any atom is -0.370 e. The molecule has 98 valence electrons. The fourth-order valence-electron chi connectivity index (χ4n) is 1.47. The highest BCUT2D eigenvalue weighted by Crippen LogP contribution is 2.30. The Bertz CT molecular complexity index is 387. The largest absolute Gasteiger partial charge is 0.441 e. The van der Waals surface area contributed by atoms with Gasteiger partial charge in [0.05, 0.1) is 12.5 Å². The number of anilines is 1. The van der Waals surface area contributed by atoms with Gasteiger partial charge in [-0.05, 0) is 23.9 Å². The van der Waals surface area contributed by atoms with Gasteiger partial charge in [0.1, 0.15) is 0 Å². The molecule has 0 aromatic heterocycles. The van der Waals surface area contributed by atoms with Gasteiger partial charge in [0.25, 0.3) is 0 Å². The van der Waals surface area contributed by atoms with Crippen LogP contribution in [-0.2, 0) is 0 Å². The van der Waals surface area contributed by atoms with E-state index in [0.29, 0.717) is 13.0 Å². The smallest absolute Gasteiger partial charge is 0.370 e. The third-order valence-corrected chi connectivity index (χ3v) is 2.96. The Morgan fingerprint density at radius 3 is 2.39 bits per heavy atom. The van der Waals surface area contributed by atoms with E-state index in [0.717, 1.165) is 5.69 Å². The number of hydrogen-bond donors (Lipinski definition) is 0. The quantitative estimate of drug-likeness (QED) is 0.792. The van der Waals surface area contributed by atoms with Crippen LogP contribution in [0.5, 0.6) is 0 Å². The number of hydrogen-bond acceptors (Lipinski definition) is 3. The van der Waals surface area contributed by atoms with E-state index >= 15 is 0 Å². The number of nitriles is 1. The van der Waals surface area contributed by atoms with Crippen LogP contribution in [0.25, 0.3) is 0 Å². The van der Waals surface area contributed by atoms with E-state index in [1.54, 1.807) is 4.90 Å². The van der Waals surface area contributed by atoms with E-state index in [4.69, 9.17) is 5.26 Å². The molecule has 0 spiro atoms. The monoisotopic (exact) mass is 274 g/mol. The summed E-state index contributed by atoms with van der Waals surface area (Å²) in [5, 5.41) is 8.55. The molecule has 0 heterocycles. The second-order valence-corrected chi connectivity index (χ2v) is 4.68. The predicted octanol–water partition coefficient (Wildman–Crippen LogP) is 3.66. The third-order valence-electron chi connectivity index (χ3n) is 2.24. The van der Waals surface area contributed by atoms with Gasteiger partial charge in [0, 0.05) is 24.5 Å². The molecule has 1 aromatic carbocycles. The summed E-state index contributed by atoms with van der Waals surface area (Å²) in [4.78, 5) is 1.79. The molecule has 0 unspecified atom stereocenters. The molecular formula is C12H13F3N2S. The summed E-state index contributed by atoms with van der Waals surface area (Å²) in [6, 6.07) is 11.2. The van der Waals surface area contributed by atoms with Crippen LogP contribution in [0.15, 0.2) is 30.3 Å². The molecule has 1 aromatic rings. The van der Waals surface area contributed by atoms with Crippen LogP contribution in [0.1, 0.15) is 6.42 Å². The van der Waals surface area contributed by atoms with Crippen molar-refractivity contribution in [1.82, 2.24) is 0 Å². The molecule has 6 heteroatoms. The van der Waals surface area contributed by atoms with Crippen LogP contribution >= 0.6 is 11.8 Å². The van der Waals surface area contributed by atoms with Crippen LogP contribution in [0.2, 0.25) is 0 Å². The van der Waals surface area contributed by atoms with E-state index in [-0.39, 0.29) is 24.1 Å². The molecule has 0 radical (unpaired) electrons. The summed E-state index contributed by atoms with van der Waals surface area (Å²) in [7, 11) is 0. The number of rotatable bonds is 6. The Hall–Kier alpha value is -1.35. The second-order valence-electron chi connectivity index (χ2n) is 3.52. The highest BCUT2D eigenvalue weighted by molar-refractivity contribution is 8.00. The van der Waals surface area contributed by atoms with Crippen molar-refractivity contribution in [2.45, 2.75) is 11.9 Å². The molecule has 0 fully saturated rings.